The molecule has 0 aliphatic carbocycles. The number of hydrogen-bond donors (Lipinski definition) is 0. The van der Waals surface area contributed by atoms with Crippen molar-refractivity contribution < 1.29 is 18.3 Å². The van der Waals surface area contributed by atoms with E-state index in [0.717, 1.165) is 52.1 Å². The fraction of sp³-hybridized carbons (Fsp3) is 1.00. The maximum atomic E-state index is 5.92. The van der Waals surface area contributed by atoms with Crippen LogP contribution in [0.15, 0.2) is 0 Å². The van der Waals surface area contributed by atoms with Gasteiger partial charge in [0.15, 0.2) is 0 Å². The molecule has 21 heavy (non-hydrogen) atoms. The second-order valence-corrected chi connectivity index (χ2v) is 9.60. The Morgan fingerprint density at radius 1 is 1.05 bits per heavy atom. The molecule has 0 aromatic heterocycles. The summed E-state index contributed by atoms with van der Waals surface area (Å²) < 4.78 is 23.0. The van der Waals surface area contributed by atoms with Crippen LogP contribution in [0.2, 0.25) is 12.6 Å². The summed E-state index contributed by atoms with van der Waals surface area (Å²) in [7, 11) is -1.97. The Hall–Kier alpha value is 0.0569. The van der Waals surface area contributed by atoms with Crippen LogP contribution in [-0.4, -0.2) is 48.2 Å². The van der Waals surface area contributed by atoms with E-state index in [9.17, 15) is 0 Å². The molecule has 0 aromatic carbocycles. The maximum Gasteiger partial charge on any atom is 0.334 e. The predicted octanol–water partition coefficient (Wildman–Crippen LogP) is 3.74. The first-order valence-electron chi connectivity index (χ1n) is 8.53. The highest BCUT2D eigenvalue weighted by atomic mass is 28.4. The molecule has 0 bridgehead atoms. The maximum absolute atomic E-state index is 5.92. The van der Waals surface area contributed by atoms with Crippen molar-refractivity contribution in [2.75, 3.05) is 39.6 Å². The minimum absolute atomic E-state index is 0.302. The van der Waals surface area contributed by atoms with Gasteiger partial charge in [0.05, 0.1) is 19.8 Å². The highest BCUT2D eigenvalue weighted by molar-refractivity contribution is 6.66. The van der Waals surface area contributed by atoms with Crippen molar-refractivity contribution in [2.45, 2.75) is 59.0 Å². The Kier molecular flexibility index (Phi) is 9.05. The van der Waals surface area contributed by atoms with Crippen molar-refractivity contribution in [1.82, 2.24) is 0 Å². The Bertz CT molecular complexity index is 263. The summed E-state index contributed by atoms with van der Waals surface area (Å²) in [5, 5.41) is 0. The first kappa shape index (κ1) is 19.1. The minimum Gasteiger partial charge on any atom is -0.395 e. The molecule has 4 nitrogen and oxygen atoms in total. The molecule has 0 atom stereocenters. The van der Waals surface area contributed by atoms with Crippen LogP contribution in [0.4, 0.5) is 0 Å². The van der Waals surface area contributed by atoms with Gasteiger partial charge in [-0.2, -0.15) is 0 Å². The van der Waals surface area contributed by atoms with Gasteiger partial charge in [0, 0.05) is 25.2 Å². The molecule has 0 saturated carbocycles. The zero-order chi connectivity index (χ0) is 15.6. The highest BCUT2D eigenvalue weighted by Crippen LogP contribution is 2.33. The molecule has 1 fully saturated rings. The lowest BCUT2D eigenvalue weighted by Crippen LogP contribution is -2.46. The molecule has 1 saturated heterocycles. The zero-order valence-corrected chi connectivity index (χ0v) is 15.4. The van der Waals surface area contributed by atoms with E-state index < -0.39 is 8.56 Å². The Labute approximate surface area is 131 Å². The van der Waals surface area contributed by atoms with E-state index in [1.165, 1.54) is 19.3 Å². The molecule has 126 valence electrons. The number of rotatable bonds is 13. The molecule has 0 N–H and O–H groups in total. The van der Waals surface area contributed by atoms with Crippen molar-refractivity contribution in [3.8, 4) is 0 Å². The smallest absolute Gasteiger partial charge is 0.334 e. The summed E-state index contributed by atoms with van der Waals surface area (Å²) in [6.45, 7) is 13.3. The normalized spacial score (nSPS) is 17.7. The van der Waals surface area contributed by atoms with Gasteiger partial charge in [-0.25, -0.2) is 0 Å². The molecule has 1 aliphatic heterocycles. The topological polar surface area (TPSA) is 36.9 Å². The van der Waals surface area contributed by atoms with Crippen LogP contribution in [0.25, 0.3) is 0 Å². The number of hydrogen-bond acceptors (Lipinski definition) is 4. The third-order valence-electron chi connectivity index (χ3n) is 4.10. The summed E-state index contributed by atoms with van der Waals surface area (Å²) in [6, 6.07) is 1.01. The molecule has 1 heterocycles. The third-order valence-corrected chi connectivity index (χ3v) is 7.16. The summed E-state index contributed by atoms with van der Waals surface area (Å²) >= 11 is 0. The van der Waals surface area contributed by atoms with Crippen molar-refractivity contribution in [2.24, 2.45) is 5.41 Å². The molecule has 0 spiro atoms. The minimum atomic E-state index is -1.97. The van der Waals surface area contributed by atoms with Gasteiger partial charge in [0.25, 0.3) is 0 Å². The SMILES string of the molecule is CCCCC1(COCCC[Si](C)(OCC)OCC)COC1. The van der Waals surface area contributed by atoms with Crippen molar-refractivity contribution in [3.63, 3.8) is 0 Å². The fourth-order valence-electron chi connectivity index (χ4n) is 2.82. The largest absolute Gasteiger partial charge is 0.395 e. The van der Waals surface area contributed by atoms with Crippen LogP contribution in [0.3, 0.4) is 0 Å². The second kappa shape index (κ2) is 9.95. The lowest BCUT2D eigenvalue weighted by Gasteiger charge is -2.41. The quantitative estimate of drug-likeness (QED) is 0.383. The molecular formula is C16H34O4Si. The first-order chi connectivity index (χ1) is 10.1. The van der Waals surface area contributed by atoms with Gasteiger partial charge in [0.1, 0.15) is 0 Å². The molecular weight excluding hydrogens is 284 g/mol. The van der Waals surface area contributed by atoms with Gasteiger partial charge in [-0.1, -0.05) is 19.8 Å². The lowest BCUT2D eigenvalue weighted by atomic mass is 9.82. The first-order valence-corrected chi connectivity index (χ1v) is 11.1. The third kappa shape index (κ3) is 6.78. The molecule has 1 aliphatic rings. The van der Waals surface area contributed by atoms with E-state index >= 15 is 0 Å². The van der Waals surface area contributed by atoms with Crippen molar-refractivity contribution in [1.29, 1.82) is 0 Å². The molecule has 0 amide bonds. The van der Waals surface area contributed by atoms with E-state index in [2.05, 4.69) is 13.5 Å². The van der Waals surface area contributed by atoms with E-state index in [0.29, 0.717) is 5.41 Å². The molecule has 5 heteroatoms. The van der Waals surface area contributed by atoms with E-state index in [1.807, 2.05) is 13.8 Å². The standard InChI is InChI=1S/C16H34O4Si/c1-5-8-10-16(14-18-15-16)13-17-11-9-12-21(4,19-6-2)20-7-3/h5-15H2,1-4H3. The van der Waals surface area contributed by atoms with Gasteiger partial charge >= 0.3 is 8.56 Å². The highest BCUT2D eigenvalue weighted by Gasteiger charge is 2.38. The monoisotopic (exact) mass is 318 g/mol. The van der Waals surface area contributed by atoms with Crippen molar-refractivity contribution in [3.05, 3.63) is 0 Å². The summed E-state index contributed by atoms with van der Waals surface area (Å²) in [4.78, 5) is 0. The van der Waals surface area contributed by atoms with E-state index in [4.69, 9.17) is 18.3 Å². The average molecular weight is 319 g/mol. The van der Waals surface area contributed by atoms with Crippen LogP contribution in [0, 0.1) is 5.41 Å². The molecule has 1 rings (SSSR count). The fourth-order valence-corrected chi connectivity index (χ4v) is 5.20. The van der Waals surface area contributed by atoms with Crippen LogP contribution in [-0.2, 0) is 18.3 Å². The zero-order valence-electron chi connectivity index (χ0n) is 14.4. The number of ether oxygens (including phenoxy) is 2. The Balaban J connectivity index is 2.17. The summed E-state index contributed by atoms with van der Waals surface area (Å²) in [5.74, 6) is 0. The Morgan fingerprint density at radius 2 is 1.71 bits per heavy atom. The predicted molar refractivity (Wildman–Crippen MR) is 87.9 cm³/mol. The number of unbranched alkanes of at least 4 members (excludes halogenated alkanes) is 1. The van der Waals surface area contributed by atoms with Crippen molar-refractivity contribution >= 4 is 8.56 Å². The summed E-state index contributed by atoms with van der Waals surface area (Å²) in [6.07, 6.45) is 4.77. The van der Waals surface area contributed by atoms with Gasteiger partial charge in [-0.05, 0) is 39.3 Å². The van der Waals surface area contributed by atoms with Gasteiger partial charge in [-0.15, -0.1) is 0 Å². The van der Waals surface area contributed by atoms with Crippen LogP contribution in [0.1, 0.15) is 46.5 Å². The van der Waals surface area contributed by atoms with Gasteiger partial charge in [0.2, 0.25) is 0 Å². The van der Waals surface area contributed by atoms with Crippen LogP contribution in [0.5, 0.6) is 0 Å². The van der Waals surface area contributed by atoms with E-state index in [-0.39, 0.29) is 0 Å². The Morgan fingerprint density at radius 3 is 2.19 bits per heavy atom. The van der Waals surface area contributed by atoms with E-state index in [1.54, 1.807) is 0 Å². The molecule has 0 unspecified atom stereocenters. The second-order valence-electron chi connectivity index (χ2n) is 6.25. The molecule has 0 radical (unpaired) electrons. The van der Waals surface area contributed by atoms with Crippen LogP contribution >= 0.6 is 0 Å². The van der Waals surface area contributed by atoms with Gasteiger partial charge in [-0.3, -0.25) is 0 Å². The van der Waals surface area contributed by atoms with Crippen LogP contribution < -0.4 is 0 Å². The summed E-state index contributed by atoms with van der Waals surface area (Å²) in [5.41, 5.74) is 0.302. The van der Waals surface area contributed by atoms with Gasteiger partial charge < -0.3 is 18.3 Å². The lowest BCUT2D eigenvalue weighted by molar-refractivity contribution is -0.153. The average Bonchev–Trinajstić information content (AvgIpc) is 2.40. The molecule has 0 aromatic rings.